The Morgan fingerprint density at radius 2 is 1.65 bits per heavy atom. The van der Waals surface area contributed by atoms with E-state index in [9.17, 15) is 24.0 Å². The molecule has 62 heavy (non-hydrogen) atoms. The number of aryl methyl sites for hydroxylation is 1. The van der Waals surface area contributed by atoms with Crippen LogP contribution in [0.3, 0.4) is 0 Å². The fourth-order valence-electron chi connectivity index (χ4n) is 7.03. The lowest BCUT2D eigenvalue weighted by molar-refractivity contribution is 0.103. The van der Waals surface area contributed by atoms with E-state index in [1.807, 2.05) is 17.6 Å². The molecule has 4 aromatic heterocycles. The Hall–Kier alpha value is -7.88. The number of aromatic nitrogens is 10. The third kappa shape index (κ3) is 7.46. The fourth-order valence-corrected chi connectivity index (χ4v) is 8.11. The SMILES string of the molecule is CCOC(=O)Oc1cc(O)c(-c2n[nH]c(=O)n2-c2cccc3c2ncn3C(C)CCS(=N)(=O)Oc2nnc(-c3cc(OC)c(O)cc3C)n2-c2cccc3[nH]cnc23)cc1OC. The molecule has 0 aliphatic carbocycles. The second-order valence-corrected chi connectivity index (χ2v) is 15.7. The highest BCUT2D eigenvalue weighted by Gasteiger charge is 2.27. The van der Waals surface area contributed by atoms with E-state index < -0.39 is 21.9 Å². The predicted octanol–water partition coefficient (Wildman–Crippen LogP) is 5.97. The molecule has 5 N–H and O–H groups in total. The molecule has 0 aliphatic heterocycles. The second kappa shape index (κ2) is 16.3. The van der Waals surface area contributed by atoms with E-state index in [2.05, 4.69) is 35.3 Å². The van der Waals surface area contributed by atoms with Crippen molar-refractivity contribution in [3.63, 3.8) is 0 Å². The van der Waals surface area contributed by atoms with Crippen LogP contribution in [0.25, 0.3) is 56.2 Å². The molecular formula is C40H39N11O10S. The molecule has 0 saturated heterocycles. The Kier molecular flexibility index (Phi) is 10.7. The van der Waals surface area contributed by atoms with E-state index in [-0.39, 0.29) is 76.8 Å². The minimum absolute atomic E-state index is 0.00826. The number of hydrogen-bond donors (Lipinski definition) is 5. The van der Waals surface area contributed by atoms with Crippen molar-refractivity contribution in [2.45, 2.75) is 33.2 Å². The van der Waals surface area contributed by atoms with Crippen LogP contribution in [0.5, 0.6) is 34.8 Å². The first-order valence-electron chi connectivity index (χ1n) is 18.9. The zero-order chi connectivity index (χ0) is 43.9. The van der Waals surface area contributed by atoms with Gasteiger partial charge in [-0.25, -0.2) is 42.8 Å². The first-order valence-corrected chi connectivity index (χ1v) is 20.6. The molecule has 21 nitrogen and oxygen atoms in total. The van der Waals surface area contributed by atoms with Gasteiger partial charge >= 0.3 is 17.9 Å². The summed E-state index contributed by atoms with van der Waals surface area (Å²) in [6.07, 6.45) is 2.29. The van der Waals surface area contributed by atoms with Gasteiger partial charge in [0, 0.05) is 17.7 Å². The molecule has 0 aliphatic rings. The summed E-state index contributed by atoms with van der Waals surface area (Å²) in [5, 5.41) is 36.7. The van der Waals surface area contributed by atoms with Gasteiger partial charge in [0.2, 0.25) is 10.0 Å². The number of phenols is 2. The molecule has 22 heteroatoms. The van der Waals surface area contributed by atoms with Crippen molar-refractivity contribution in [1.29, 1.82) is 4.78 Å². The van der Waals surface area contributed by atoms with E-state index >= 15 is 0 Å². The highest BCUT2D eigenvalue weighted by atomic mass is 32.2. The van der Waals surface area contributed by atoms with Gasteiger partial charge in [-0.3, -0.25) is 0 Å². The quantitative estimate of drug-likeness (QED) is 0.0623. The number of carbonyl (C=O) groups is 1. The predicted molar refractivity (Wildman–Crippen MR) is 224 cm³/mol. The van der Waals surface area contributed by atoms with Gasteiger partial charge < -0.3 is 42.9 Å². The van der Waals surface area contributed by atoms with Crippen LogP contribution < -0.4 is 24.1 Å². The van der Waals surface area contributed by atoms with Crippen LogP contribution >= 0.6 is 0 Å². The molecule has 4 aromatic carbocycles. The number of aromatic amines is 2. The average molecular weight is 866 g/mol. The summed E-state index contributed by atoms with van der Waals surface area (Å²) in [6, 6.07) is 15.6. The molecule has 0 saturated carbocycles. The monoisotopic (exact) mass is 865 g/mol. The van der Waals surface area contributed by atoms with E-state index in [0.29, 0.717) is 44.6 Å². The molecule has 4 heterocycles. The molecule has 320 valence electrons. The van der Waals surface area contributed by atoms with Gasteiger partial charge in [-0.2, -0.15) is 5.10 Å². The van der Waals surface area contributed by atoms with Gasteiger partial charge in [-0.1, -0.05) is 17.2 Å². The molecule has 0 radical (unpaired) electrons. The van der Waals surface area contributed by atoms with E-state index in [0.717, 1.165) is 6.07 Å². The largest absolute Gasteiger partial charge is 0.513 e. The maximum Gasteiger partial charge on any atom is 0.513 e. The van der Waals surface area contributed by atoms with Crippen LogP contribution in [-0.2, 0) is 14.7 Å². The first-order chi connectivity index (χ1) is 29.8. The lowest BCUT2D eigenvalue weighted by atomic mass is 10.1. The van der Waals surface area contributed by atoms with Crippen molar-refractivity contribution < 1.29 is 42.3 Å². The summed E-state index contributed by atoms with van der Waals surface area (Å²) < 4.78 is 54.1. The summed E-state index contributed by atoms with van der Waals surface area (Å²) in [7, 11) is -1.06. The summed E-state index contributed by atoms with van der Waals surface area (Å²) in [6.45, 7) is 5.33. The Balaban J connectivity index is 1.08. The zero-order valence-corrected chi connectivity index (χ0v) is 34.6. The van der Waals surface area contributed by atoms with Crippen molar-refractivity contribution in [2.24, 2.45) is 0 Å². The van der Waals surface area contributed by atoms with Gasteiger partial charge in [0.1, 0.15) is 16.8 Å². The topological polar surface area (TPSA) is 272 Å². The summed E-state index contributed by atoms with van der Waals surface area (Å²) in [5.41, 5.74) is 3.67. The van der Waals surface area contributed by atoms with Gasteiger partial charge in [-0.15, -0.1) is 5.10 Å². The van der Waals surface area contributed by atoms with Crippen molar-refractivity contribution in [3.05, 3.63) is 89.4 Å². The summed E-state index contributed by atoms with van der Waals surface area (Å²) >= 11 is 0. The van der Waals surface area contributed by atoms with Crippen LogP contribution in [0.4, 0.5) is 4.79 Å². The maximum atomic E-state index is 14.0. The van der Waals surface area contributed by atoms with Crippen molar-refractivity contribution in [3.8, 4) is 68.9 Å². The number of benzene rings is 4. The lowest BCUT2D eigenvalue weighted by Gasteiger charge is -2.17. The highest BCUT2D eigenvalue weighted by molar-refractivity contribution is 7.88. The number of nitrogens with one attached hydrogen (secondary N) is 3. The van der Waals surface area contributed by atoms with E-state index in [4.69, 9.17) is 27.9 Å². The number of carbonyl (C=O) groups excluding carboxylic acids is 1. The number of hydrogen-bond acceptors (Lipinski definition) is 16. The maximum absolute atomic E-state index is 14.0. The van der Waals surface area contributed by atoms with Gasteiger partial charge in [0.15, 0.2) is 34.6 Å². The number of phenolic OH excluding ortho intramolecular Hbond substituents is 2. The molecular weight excluding hydrogens is 827 g/mol. The van der Waals surface area contributed by atoms with Gasteiger partial charge in [-0.05, 0) is 75.2 Å². The highest BCUT2D eigenvalue weighted by Crippen LogP contribution is 2.41. The van der Waals surface area contributed by atoms with Gasteiger partial charge in [0.25, 0.3) is 0 Å². The van der Waals surface area contributed by atoms with Crippen LogP contribution in [0.2, 0.25) is 0 Å². The molecule has 2 atom stereocenters. The van der Waals surface area contributed by atoms with Crippen LogP contribution in [0, 0.1) is 11.7 Å². The van der Waals surface area contributed by atoms with Gasteiger partial charge in [0.05, 0.1) is 67.2 Å². The minimum Gasteiger partial charge on any atom is -0.507 e. The molecule has 0 amide bonds. The van der Waals surface area contributed by atoms with Crippen LogP contribution in [0.15, 0.2) is 78.1 Å². The molecule has 8 aromatic rings. The number of H-pyrrole nitrogens is 2. The number of aromatic hydroxyl groups is 2. The number of nitrogens with zero attached hydrogens (tertiary/aromatic N) is 8. The van der Waals surface area contributed by atoms with Crippen molar-refractivity contribution in [1.82, 2.24) is 49.0 Å². The third-order valence-corrected chi connectivity index (χ3v) is 11.2. The molecule has 0 spiro atoms. The molecule has 0 fully saturated rings. The molecule has 2 unspecified atom stereocenters. The number of rotatable bonds is 14. The molecule has 0 bridgehead atoms. The number of fused-ring (bicyclic) bond motifs is 2. The summed E-state index contributed by atoms with van der Waals surface area (Å²) in [4.78, 5) is 37.5. The molecule has 8 rings (SSSR count). The standard InChI is InChI=1S/C40H39N11O10S/c1-6-59-40(55)60-33-18-29(52)24(17-32(33)58-5)37-45-47-38(54)50(37)28-12-8-10-26-35(28)44-20-49(26)22(3)13-14-62(41,56)61-39-48-46-36(23-16-31(57-4)30(53)15-21(23)2)51(39)27-11-7-9-25-34(27)43-19-42-25/h7-12,15-20,22,41,52-53H,6,13-14H2,1-5H3,(H,42,43)(H,47,54). The third-order valence-electron chi connectivity index (χ3n) is 10.0. The normalized spacial score (nSPS) is 12.9. The average Bonchev–Trinajstić information content (AvgIpc) is 4.06. The summed E-state index contributed by atoms with van der Waals surface area (Å²) in [5.74, 6) is -0.246. The van der Waals surface area contributed by atoms with Crippen LogP contribution in [-0.4, -0.2) is 96.2 Å². The number of para-hydroxylation sites is 2. The first kappa shape index (κ1) is 40.9. The number of ether oxygens (including phenoxy) is 4. The van der Waals surface area contributed by atoms with Crippen molar-refractivity contribution in [2.75, 3.05) is 26.6 Å². The van der Waals surface area contributed by atoms with Crippen LogP contribution in [0.1, 0.15) is 31.9 Å². The number of methoxy groups -OCH3 is 2. The Morgan fingerprint density at radius 3 is 2.40 bits per heavy atom. The van der Waals surface area contributed by atoms with E-state index in [1.165, 1.54) is 41.8 Å². The Bertz CT molecular complexity index is 3170. The fraction of sp³-hybridized carbons (Fsp3) is 0.225. The van der Waals surface area contributed by atoms with Crippen molar-refractivity contribution >= 4 is 38.2 Å². The Morgan fingerprint density at radius 1 is 0.903 bits per heavy atom. The zero-order valence-electron chi connectivity index (χ0n) is 33.8. The Labute approximate surface area is 351 Å². The second-order valence-electron chi connectivity index (χ2n) is 13.9. The lowest BCUT2D eigenvalue weighted by Crippen LogP contribution is -2.18. The smallest absolute Gasteiger partial charge is 0.507 e. The number of imidazole rings is 2. The minimum atomic E-state index is -3.83. The van der Waals surface area contributed by atoms with E-state index in [1.54, 1.807) is 56.6 Å².